The molecule has 1 N–H and O–H groups in total. The molecule has 0 spiro atoms. The number of sulfonamides is 1. The van der Waals surface area contributed by atoms with Crippen LogP contribution in [0, 0.1) is 5.82 Å². The van der Waals surface area contributed by atoms with E-state index < -0.39 is 26.8 Å². The SMILES string of the molecule is CC(NS(=O)(=O)c1ccccc1F)c1nnnn1-c1ccccc1. The summed E-state index contributed by atoms with van der Waals surface area (Å²) < 4.78 is 42.3. The lowest BCUT2D eigenvalue weighted by Gasteiger charge is -2.14. The molecule has 7 nitrogen and oxygen atoms in total. The highest BCUT2D eigenvalue weighted by atomic mass is 32.2. The number of tetrazole rings is 1. The minimum atomic E-state index is -4.05. The fraction of sp³-hybridized carbons (Fsp3) is 0.133. The fourth-order valence-corrected chi connectivity index (χ4v) is 3.51. The molecule has 0 saturated carbocycles. The fourth-order valence-electron chi connectivity index (χ4n) is 2.23. The third kappa shape index (κ3) is 3.17. The van der Waals surface area contributed by atoms with Crippen molar-refractivity contribution < 1.29 is 12.8 Å². The summed E-state index contributed by atoms with van der Waals surface area (Å²) in [6, 6.07) is 13.5. The first-order valence-corrected chi connectivity index (χ1v) is 8.58. The number of para-hydroxylation sites is 1. The van der Waals surface area contributed by atoms with Crippen LogP contribution in [0.1, 0.15) is 18.8 Å². The van der Waals surface area contributed by atoms with E-state index >= 15 is 0 Å². The Hall–Kier alpha value is -2.65. The zero-order chi connectivity index (χ0) is 17.2. The van der Waals surface area contributed by atoms with E-state index in [0.717, 1.165) is 6.07 Å². The topological polar surface area (TPSA) is 89.8 Å². The Morgan fingerprint density at radius 2 is 1.75 bits per heavy atom. The van der Waals surface area contributed by atoms with E-state index in [1.165, 1.54) is 22.9 Å². The van der Waals surface area contributed by atoms with Crippen molar-refractivity contribution in [3.63, 3.8) is 0 Å². The molecule has 1 unspecified atom stereocenters. The smallest absolute Gasteiger partial charge is 0.207 e. The van der Waals surface area contributed by atoms with Crippen molar-refractivity contribution in [1.82, 2.24) is 24.9 Å². The van der Waals surface area contributed by atoms with E-state index in [4.69, 9.17) is 0 Å². The van der Waals surface area contributed by atoms with E-state index in [1.807, 2.05) is 18.2 Å². The first-order valence-electron chi connectivity index (χ1n) is 7.09. The summed E-state index contributed by atoms with van der Waals surface area (Å²) in [5.41, 5.74) is 0.689. The van der Waals surface area contributed by atoms with Gasteiger partial charge in [-0.15, -0.1) is 5.10 Å². The van der Waals surface area contributed by atoms with Crippen LogP contribution in [0.2, 0.25) is 0 Å². The molecule has 1 aromatic heterocycles. The highest BCUT2D eigenvalue weighted by Crippen LogP contribution is 2.19. The largest absolute Gasteiger partial charge is 0.244 e. The molecule has 9 heteroatoms. The lowest BCUT2D eigenvalue weighted by atomic mass is 10.3. The Bertz CT molecular complexity index is 943. The highest BCUT2D eigenvalue weighted by Gasteiger charge is 2.25. The Morgan fingerprint density at radius 1 is 1.08 bits per heavy atom. The number of rotatable bonds is 5. The van der Waals surface area contributed by atoms with Gasteiger partial charge in [-0.2, -0.15) is 4.68 Å². The van der Waals surface area contributed by atoms with E-state index in [2.05, 4.69) is 20.2 Å². The second-order valence-electron chi connectivity index (χ2n) is 5.06. The third-order valence-electron chi connectivity index (χ3n) is 3.34. The van der Waals surface area contributed by atoms with Gasteiger partial charge >= 0.3 is 0 Å². The van der Waals surface area contributed by atoms with Crippen LogP contribution in [-0.4, -0.2) is 28.6 Å². The van der Waals surface area contributed by atoms with Crippen LogP contribution >= 0.6 is 0 Å². The lowest BCUT2D eigenvalue weighted by Crippen LogP contribution is -2.29. The number of hydrogen-bond donors (Lipinski definition) is 1. The zero-order valence-electron chi connectivity index (χ0n) is 12.7. The van der Waals surface area contributed by atoms with Crippen molar-refractivity contribution in [3.8, 4) is 5.69 Å². The highest BCUT2D eigenvalue weighted by molar-refractivity contribution is 7.89. The van der Waals surface area contributed by atoms with Crippen LogP contribution in [0.25, 0.3) is 5.69 Å². The molecule has 0 amide bonds. The standard InChI is InChI=1S/C15H14FN5O2S/c1-11(18-24(22,23)14-10-6-5-9-13(14)16)15-17-19-20-21(15)12-7-3-2-4-8-12/h2-11,18H,1H3. The van der Waals surface area contributed by atoms with Gasteiger partial charge in [-0.25, -0.2) is 17.5 Å². The van der Waals surface area contributed by atoms with Crippen LogP contribution in [0.4, 0.5) is 4.39 Å². The van der Waals surface area contributed by atoms with Gasteiger partial charge < -0.3 is 0 Å². The summed E-state index contributed by atoms with van der Waals surface area (Å²) in [5, 5.41) is 11.3. The van der Waals surface area contributed by atoms with Crippen molar-refractivity contribution in [2.24, 2.45) is 0 Å². The van der Waals surface area contributed by atoms with Gasteiger partial charge in [-0.05, 0) is 41.6 Å². The number of hydrogen-bond acceptors (Lipinski definition) is 5. The summed E-state index contributed by atoms with van der Waals surface area (Å²) in [6.07, 6.45) is 0. The summed E-state index contributed by atoms with van der Waals surface area (Å²) in [7, 11) is -4.05. The number of benzene rings is 2. The van der Waals surface area contributed by atoms with Gasteiger partial charge in [0, 0.05) is 0 Å². The van der Waals surface area contributed by atoms with Gasteiger partial charge in [0.15, 0.2) is 5.82 Å². The Labute approximate surface area is 138 Å². The maximum Gasteiger partial charge on any atom is 0.244 e. The Morgan fingerprint density at radius 3 is 2.46 bits per heavy atom. The molecule has 0 radical (unpaired) electrons. The van der Waals surface area contributed by atoms with Gasteiger partial charge in [0.2, 0.25) is 10.0 Å². The Balaban J connectivity index is 1.90. The van der Waals surface area contributed by atoms with E-state index in [9.17, 15) is 12.8 Å². The molecule has 2 aromatic carbocycles. The normalized spacial score (nSPS) is 12.9. The van der Waals surface area contributed by atoms with Crippen molar-refractivity contribution in [3.05, 3.63) is 66.2 Å². The molecule has 0 aliphatic carbocycles. The van der Waals surface area contributed by atoms with Gasteiger partial charge in [0.1, 0.15) is 10.7 Å². The number of nitrogens with one attached hydrogen (secondary N) is 1. The number of aromatic nitrogens is 4. The number of nitrogens with zero attached hydrogens (tertiary/aromatic N) is 4. The van der Waals surface area contributed by atoms with Crippen LogP contribution in [0.15, 0.2) is 59.5 Å². The van der Waals surface area contributed by atoms with Gasteiger partial charge in [0.25, 0.3) is 0 Å². The molecule has 0 bridgehead atoms. The first kappa shape index (κ1) is 16.2. The summed E-state index contributed by atoms with van der Waals surface area (Å²) in [4.78, 5) is -0.421. The van der Waals surface area contributed by atoms with Crippen LogP contribution < -0.4 is 4.72 Å². The molecule has 124 valence electrons. The first-order chi connectivity index (χ1) is 11.5. The molecule has 1 heterocycles. The van der Waals surface area contributed by atoms with Crippen molar-refractivity contribution in [2.75, 3.05) is 0 Å². The molecular formula is C15H14FN5O2S. The molecular weight excluding hydrogens is 333 g/mol. The van der Waals surface area contributed by atoms with Crippen molar-refractivity contribution in [1.29, 1.82) is 0 Å². The molecule has 3 aromatic rings. The second-order valence-corrected chi connectivity index (χ2v) is 6.74. The lowest BCUT2D eigenvalue weighted by molar-refractivity contribution is 0.539. The van der Waals surface area contributed by atoms with Crippen LogP contribution in [-0.2, 0) is 10.0 Å². The summed E-state index contributed by atoms with van der Waals surface area (Å²) >= 11 is 0. The summed E-state index contributed by atoms with van der Waals surface area (Å²) in [5.74, 6) is -0.527. The number of halogens is 1. The van der Waals surface area contributed by atoms with Gasteiger partial charge in [-0.1, -0.05) is 30.3 Å². The quantitative estimate of drug-likeness (QED) is 0.761. The monoisotopic (exact) mass is 347 g/mol. The zero-order valence-corrected chi connectivity index (χ0v) is 13.5. The van der Waals surface area contributed by atoms with E-state index in [1.54, 1.807) is 19.1 Å². The van der Waals surface area contributed by atoms with Gasteiger partial charge in [0.05, 0.1) is 11.7 Å². The van der Waals surface area contributed by atoms with Crippen LogP contribution in [0.5, 0.6) is 0 Å². The minimum Gasteiger partial charge on any atom is -0.207 e. The molecule has 24 heavy (non-hydrogen) atoms. The second kappa shape index (κ2) is 6.46. The molecule has 0 saturated heterocycles. The average molecular weight is 347 g/mol. The molecule has 3 rings (SSSR count). The predicted molar refractivity (Wildman–Crippen MR) is 84.3 cm³/mol. The van der Waals surface area contributed by atoms with E-state index in [-0.39, 0.29) is 0 Å². The predicted octanol–water partition coefficient (Wildman–Crippen LogP) is 1.84. The Kier molecular flexibility index (Phi) is 4.36. The summed E-state index contributed by atoms with van der Waals surface area (Å²) in [6.45, 7) is 1.59. The maximum absolute atomic E-state index is 13.8. The molecule has 0 fully saturated rings. The van der Waals surface area contributed by atoms with Crippen molar-refractivity contribution in [2.45, 2.75) is 17.9 Å². The molecule has 0 aliphatic heterocycles. The minimum absolute atomic E-state index is 0.293. The van der Waals surface area contributed by atoms with Crippen molar-refractivity contribution >= 4 is 10.0 Å². The average Bonchev–Trinajstić information content (AvgIpc) is 3.05. The molecule has 0 aliphatic rings. The maximum atomic E-state index is 13.8. The van der Waals surface area contributed by atoms with Gasteiger partial charge in [-0.3, -0.25) is 0 Å². The molecule has 1 atom stereocenters. The van der Waals surface area contributed by atoms with E-state index in [0.29, 0.717) is 11.5 Å². The third-order valence-corrected chi connectivity index (χ3v) is 4.91. The van der Waals surface area contributed by atoms with Crippen LogP contribution in [0.3, 0.4) is 0 Å².